The van der Waals surface area contributed by atoms with Crippen molar-refractivity contribution in [1.82, 2.24) is 20.2 Å². The summed E-state index contributed by atoms with van der Waals surface area (Å²) in [6, 6.07) is 9.16. The Labute approximate surface area is 119 Å². The van der Waals surface area contributed by atoms with Gasteiger partial charge < -0.3 is 10.1 Å². The Morgan fingerprint density at radius 2 is 2.29 bits per heavy atom. The molecule has 0 fully saturated rings. The van der Waals surface area contributed by atoms with Crippen molar-refractivity contribution in [3.05, 3.63) is 35.7 Å². The van der Waals surface area contributed by atoms with E-state index < -0.39 is 5.97 Å². The van der Waals surface area contributed by atoms with Gasteiger partial charge >= 0.3 is 5.97 Å². The molecule has 8 heteroatoms. The van der Waals surface area contributed by atoms with E-state index in [2.05, 4.69) is 20.8 Å². The van der Waals surface area contributed by atoms with Gasteiger partial charge in [-0.2, -0.15) is 9.94 Å². The number of anilines is 1. The minimum Gasteiger partial charge on any atom is -0.462 e. The number of rotatable bonds is 2. The van der Waals surface area contributed by atoms with Crippen LogP contribution in [0.15, 0.2) is 29.8 Å². The predicted octanol–water partition coefficient (Wildman–Crippen LogP) is 0.886. The topological polar surface area (TPSA) is 106 Å². The number of nitrogens with zero attached hydrogens (tertiary/aromatic N) is 5. The molecule has 1 aromatic carbocycles. The van der Waals surface area contributed by atoms with Crippen molar-refractivity contribution in [3.8, 4) is 11.8 Å². The van der Waals surface area contributed by atoms with E-state index in [9.17, 15) is 10.1 Å². The summed E-state index contributed by atoms with van der Waals surface area (Å²) >= 11 is 0. The zero-order valence-electron chi connectivity index (χ0n) is 11.1. The van der Waals surface area contributed by atoms with Crippen molar-refractivity contribution in [2.45, 2.75) is 6.92 Å². The van der Waals surface area contributed by atoms with Gasteiger partial charge in [0.05, 0.1) is 18.0 Å². The molecule has 2 heterocycles. The Balaban J connectivity index is 2.20. The summed E-state index contributed by atoms with van der Waals surface area (Å²) in [4.78, 5) is 11.9. The third-order valence-corrected chi connectivity index (χ3v) is 2.93. The highest BCUT2D eigenvalue weighted by atomic mass is 16.5. The average Bonchev–Trinajstić information content (AvgIpc) is 2.98. The normalized spacial score (nSPS) is 14.3. The van der Waals surface area contributed by atoms with Crippen molar-refractivity contribution in [2.75, 3.05) is 11.9 Å². The highest BCUT2D eigenvalue weighted by Gasteiger charge is 2.28. The highest BCUT2D eigenvalue weighted by molar-refractivity contribution is 6.04. The maximum atomic E-state index is 11.9. The summed E-state index contributed by atoms with van der Waals surface area (Å²) in [6.45, 7) is 1.85. The predicted molar refractivity (Wildman–Crippen MR) is 71.9 cm³/mol. The lowest BCUT2D eigenvalue weighted by Crippen LogP contribution is -2.20. The molecule has 1 aromatic heterocycles. The fourth-order valence-electron chi connectivity index (χ4n) is 2.04. The quantitative estimate of drug-likeness (QED) is 0.495. The molecule has 2 aromatic rings. The third kappa shape index (κ3) is 2.01. The number of hydrogen-bond donors (Lipinski definition) is 1. The lowest BCUT2D eigenvalue weighted by molar-refractivity contribution is -0.137. The lowest BCUT2D eigenvalue weighted by Gasteiger charge is -2.20. The average molecular weight is 282 g/mol. The molecule has 0 saturated heterocycles. The van der Waals surface area contributed by atoms with E-state index in [0.717, 1.165) is 5.69 Å². The molecule has 0 aliphatic carbocycles. The van der Waals surface area contributed by atoms with Gasteiger partial charge in [0.2, 0.25) is 5.82 Å². The van der Waals surface area contributed by atoms with E-state index in [1.54, 1.807) is 13.0 Å². The van der Waals surface area contributed by atoms with E-state index in [-0.39, 0.29) is 17.9 Å². The van der Waals surface area contributed by atoms with Crippen LogP contribution in [0.4, 0.5) is 5.69 Å². The minimum absolute atomic E-state index is 0.164. The molecule has 104 valence electrons. The van der Waals surface area contributed by atoms with E-state index in [0.29, 0.717) is 11.5 Å². The first kappa shape index (κ1) is 12.8. The van der Waals surface area contributed by atoms with Crippen molar-refractivity contribution in [2.24, 2.45) is 0 Å². The fraction of sp³-hybridized carbons (Fsp3) is 0.154. The summed E-state index contributed by atoms with van der Waals surface area (Å²) in [7, 11) is 0. The molecule has 0 saturated carbocycles. The van der Waals surface area contributed by atoms with Crippen LogP contribution in [-0.2, 0) is 9.53 Å². The summed E-state index contributed by atoms with van der Waals surface area (Å²) in [5.74, 6) is -0.422. The van der Waals surface area contributed by atoms with Crippen molar-refractivity contribution in [1.29, 1.82) is 5.26 Å². The van der Waals surface area contributed by atoms with Crippen LogP contribution in [0.3, 0.4) is 0 Å². The Bertz CT molecular complexity index is 786. The van der Waals surface area contributed by atoms with Crippen LogP contribution in [-0.4, -0.2) is 32.8 Å². The molecule has 0 atom stereocenters. The number of aromatic nitrogens is 4. The number of para-hydroxylation sites is 2. The van der Waals surface area contributed by atoms with E-state index in [1.165, 1.54) is 4.68 Å². The molecule has 21 heavy (non-hydrogen) atoms. The number of ether oxygens (including phenoxy) is 1. The number of nitrogens with one attached hydrogen (secondary N) is 1. The Morgan fingerprint density at radius 3 is 3.05 bits per heavy atom. The van der Waals surface area contributed by atoms with E-state index >= 15 is 0 Å². The van der Waals surface area contributed by atoms with Crippen LogP contribution in [0.2, 0.25) is 0 Å². The first-order valence-electron chi connectivity index (χ1n) is 6.23. The molecule has 1 aliphatic rings. The maximum Gasteiger partial charge on any atom is 0.351 e. The zero-order chi connectivity index (χ0) is 14.8. The van der Waals surface area contributed by atoms with Crippen LogP contribution in [0, 0.1) is 11.3 Å². The molecular weight excluding hydrogens is 272 g/mol. The maximum absolute atomic E-state index is 11.9. The number of tetrazole rings is 1. The summed E-state index contributed by atoms with van der Waals surface area (Å²) < 4.78 is 6.36. The number of esters is 1. The SMILES string of the molecule is CCOC(=O)C(C#N)=C1Nc2ccccc2-n2nnnc21. The monoisotopic (exact) mass is 282 g/mol. The molecule has 0 spiro atoms. The van der Waals surface area contributed by atoms with E-state index in [1.807, 2.05) is 24.3 Å². The Morgan fingerprint density at radius 1 is 1.48 bits per heavy atom. The molecule has 0 amide bonds. The number of nitriles is 1. The van der Waals surface area contributed by atoms with Gasteiger partial charge in [0.15, 0.2) is 5.57 Å². The fourth-order valence-corrected chi connectivity index (χ4v) is 2.04. The van der Waals surface area contributed by atoms with Gasteiger partial charge in [-0.1, -0.05) is 12.1 Å². The molecule has 0 unspecified atom stereocenters. The molecule has 8 nitrogen and oxygen atoms in total. The first-order valence-corrected chi connectivity index (χ1v) is 6.23. The second kappa shape index (κ2) is 5.05. The highest BCUT2D eigenvalue weighted by Crippen LogP contribution is 2.31. The molecule has 3 rings (SSSR count). The van der Waals surface area contributed by atoms with Crippen molar-refractivity contribution in [3.63, 3.8) is 0 Å². The summed E-state index contributed by atoms with van der Waals surface area (Å²) in [5.41, 5.74) is 1.51. The number of carbonyl (C=O) groups excluding carboxylic acids is 1. The van der Waals surface area contributed by atoms with Gasteiger partial charge in [-0.15, -0.1) is 5.10 Å². The van der Waals surface area contributed by atoms with Crippen LogP contribution in [0.25, 0.3) is 11.4 Å². The van der Waals surface area contributed by atoms with Gasteiger partial charge in [-0.05, 0) is 29.5 Å². The molecule has 1 aliphatic heterocycles. The summed E-state index contributed by atoms with van der Waals surface area (Å²) in [5, 5.41) is 23.6. The van der Waals surface area contributed by atoms with Crippen LogP contribution >= 0.6 is 0 Å². The van der Waals surface area contributed by atoms with Gasteiger partial charge in [0.1, 0.15) is 11.8 Å². The van der Waals surface area contributed by atoms with E-state index in [4.69, 9.17) is 4.74 Å². The second-order valence-electron chi connectivity index (χ2n) is 4.14. The molecular formula is C13H10N6O2. The van der Waals surface area contributed by atoms with Crippen LogP contribution in [0.5, 0.6) is 0 Å². The van der Waals surface area contributed by atoms with Gasteiger partial charge in [0, 0.05) is 0 Å². The van der Waals surface area contributed by atoms with Gasteiger partial charge in [-0.3, -0.25) is 0 Å². The van der Waals surface area contributed by atoms with Crippen LogP contribution in [0.1, 0.15) is 12.7 Å². The summed E-state index contributed by atoms with van der Waals surface area (Å²) in [6.07, 6.45) is 0. The van der Waals surface area contributed by atoms with Crippen molar-refractivity contribution >= 4 is 17.4 Å². The Kier molecular flexibility index (Phi) is 3.08. The number of carbonyl (C=O) groups is 1. The number of benzene rings is 1. The Hall–Kier alpha value is -3.21. The minimum atomic E-state index is -0.712. The smallest absolute Gasteiger partial charge is 0.351 e. The molecule has 0 bridgehead atoms. The number of fused-ring (bicyclic) bond motifs is 3. The lowest BCUT2D eigenvalue weighted by atomic mass is 10.1. The largest absolute Gasteiger partial charge is 0.462 e. The van der Waals surface area contributed by atoms with Gasteiger partial charge in [0.25, 0.3) is 0 Å². The number of hydrogen-bond acceptors (Lipinski definition) is 7. The van der Waals surface area contributed by atoms with Gasteiger partial charge in [-0.25, -0.2) is 4.79 Å². The van der Waals surface area contributed by atoms with Crippen LogP contribution < -0.4 is 5.32 Å². The second-order valence-corrected chi connectivity index (χ2v) is 4.14. The molecule has 1 N–H and O–H groups in total. The van der Waals surface area contributed by atoms with Crippen molar-refractivity contribution < 1.29 is 9.53 Å². The first-order chi connectivity index (χ1) is 10.3. The zero-order valence-corrected chi connectivity index (χ0v) is 11.1. The molecule has 0 radical (unpaired) electrons. The third-order valence-electron chi connectivity index (χ3n) is 2.93. The standard InChI is InChI=1S/C13H10N6O2/c1-2-21-13(20)8(7-14)11-12-16-17-18-19(12)10-6-4-3-5-9(10)15-11/h3-6,15H,2H2,1H3.